The van der Waals surface area contributed by atoms with Gasteiger partial charge >= 0.3 is 0 Å². The van der Waals surface area contributed by atoms with Crippen LogP contribution in [0.2, 0.25) is 5.02 Å². The minimum atomic E-state index is 0.487. The van der Waals surface area contributed by atoms with E-state index >= 15 is 0 Å². The molecule has 0 fully saturated rings. The maximum Gasteiger partial charge on any atom is 0.138 e. The number of nitrogens with one attached hydrogen (secondary N) is 1. The molecule has 0 aliphatic rings. The summed E-state index contributed by atoms with van der Waals surface area (Å²) in [5.74, 6) is 0.740. The minimum Gasteiger partial charge on any atom is -0.487 e. The SMILES string of the molecule is C=CCCc1cc(OCc2cccc(-c3ccccc3)c2C)c(Cl)cc1CNCCC. The normalized spacial score (nSPS) is 10.8. The molecule has 2 nitrogen and oxygen atoms in total. The fourth-order valence-corrected chi connectivity index (χ4v) is 3.97. The second-order valence-electron chi connectivity index (χ2n) is 7.80. The second-order valence-corrected chi connectivity index (χ2v) is 8.21. The maximum atomic E-state index is 6.61. The first-order valence-corrected chi connectivity index (χ1v) is 11.4. The summed E-state index contributed by atoms with van der Waals surface area (Å²) in [5, 5.41) is 4.14. The fraction of sp³-hybridized carbons (Fsp3) is 0.286. The third-order valence-electron chi connectivity index (χ3n) is 5.53. The molecule has 3 rings (SSSR count). The van der Waals surface area contributed by atoms with Crippen molar-refractivity contribution in [3.8, 4) is 16.9 Å². The van der Waals surface area contributed by atoms with Crippen LogP contribution in [0.15, 0.2) is 73.3 Å². The number of allylic oxidation sites excluding steroid dienone is 1. The Morgan fingerprint density at radius 3 is 2.55 bits per heavy atom. The molecular formula is C28H32ClNO. The van der Waals surface area contributed by atoms with Crippen LogP contribution in [0.1, 0.15) is 42.0 Å². The molecule has 3 aromatic carbocycles. The molecule has 3 heteroatoms. The van der Waals surface area contributed by atoms with Gasteiger partial charge in [0.15, 0.2) is 0 Å². The van der Waals surface area contributed by atoms with Crippen molar-refractivity contribution < 1.29 is 4.74 Å². The van der Waals surface area contributed by atoms with Gasteiger partial charge < -0.3 is 10.1 Å². The molecule has 0 unspecified atom stereocenters. The van der Waals surface area contributed by atoms with Gasteiger partial charge in [0.25, 0.3) is 0 Å². The summed E-state index contributed by atoms with van der Waals surface area (Å²) in [5.41, 5.74) is 7.34. The van der Waals surface area contributed by atoms with Crippen LogP contribution in [0, 0.1) is 6.92 Å². The van der Waals surface area contributed by atoms with Crippen LogP contribution in [-0.4, -0.2) is 6.54 Å². The fourth-order valence-electron chi connectivity index (χ4n) is 3.73. The minimum absolute atomic E-state index is 0.487. The predicted molar refractivity (Wildman–Crippen MR) is 133 cm³/mol. The van der Waals surface area contributed by atoms with E-state index in [9.17, 15) is 0 Å². The first-order chi connectivity index (χ1) is 15.1. The Labute approximate surface area is 191 Å². The van der Waals surface area contributed by atoms with Gasteiger partial charge in [-0.15, -0.1) is 6.58 Å². The van der Waals surface area contributed by atoms with E-state index in [4.69, 9.17) is 16.3 Å². The van der Waals surface area contributed by atoms with Crippen molar-refractivity contribution >= 4 is 11.6 Å². The van der Waals surface area contributed by atoms with Crippen molar-refractivity contribution in [2.75, 3.05) is 6.54 Å². The van der Waals surface area contributed by atoms with E-state index in [1.807, 2.05) is 18.2 Å². The number of hydrogen-bond acceptors (Lipinski definition) is 2. The Balaban J connectivity index is 1.80. The number of ether oxygens (including phenoxy) is 1. The van der Waals surface area contributed by atoms with Crippen LogP contribution in [0.3, 0.4) is 0 Å². The smallest absolute Gasteiger partial charge is 0.138 e. The van der Waals surface area contributed by atoms with Crippen molar-refractivity contribution in [3.63, 3.8) is 0 Å². The lowest BCUT2D eigenvalue weighted by atomic mass is 9.97. The summed E-state index contributed by atoms with van der Waals surface area (Å²) in [6, 6.07) is 21.0. The highest BCUT2D eigenvalue weighted by Gasteiger charge is 2.12. The van der Waals surface area contributed by atoms with E-state index in [0.717, 1.165) is 38.1 Å². The Morgan fingerprint density at radius 2 is 1.81 bits per heavy atom. The molecule has 0 amide bonds. The average molecular weight is 434 g/mol. The molecule has 0 radical (unpaired) electrons. The molecule has 3 aromatic rings. The van der Waals surface area contributed by atoms with E-state index < -0.39 is 0 Å². The van der Waals surface area contributed by atoms with Crippen molar-refractivity contribution in [3.05, 3.63) is 101 Å². The number of hydrogen-bond donors (Lipinski definition) is 1. The summed E-state index contributed by atoms with van der Waals surface area (Å²) in [6.45, 7) is 10.5. The van der Waals surface area contributed by atoms with E-state index in [0.29, 0.717) is 11.6 Å². The van der Waals surface area contributed by atoms with Gasteiger partial charge in [0.1, 0.15) is 12.4 Å². The molecule has 0 aromatic heterocycles. The first-order valence-electron chi connectivity index (χ1n) is 11.0. The summed E-state index contributed by atoms with van der Waals surface area (Å²) in [4.78, 5) is 0. The third kappa shape index (κ3) is 6.22. The predicted octanol–water partition coefficient (Wildman–Crippen LogP) is 7.51. The van der Waals surface area contributed by atoms with E-state index in [2.05, 4.69) is 74.3 Å². The van der Waals surface area contributed by atoms with E-state index in [-0.39, 0.29) is 0 Å². The van der Waals surface area contributed by atoms with Gasteiger partial charge in [-0.25, -0.2) is 0 Å². The van der Waals surface area contributed by atoms with Crippen LogP contribution in [-0.2, 0) is 19.6 Å². The van der Waals surface area contributed by atoms with Crippen molar-refractivity contribution in [1.82, 2.24) is 5.32 Å². The zero-order chi connectivity index (χ0) is 22.1. The van der Waals surface area contributed by atoms with Gasteiger partial charge in [-0.1, -0.05) is 73.1 Å². The topological polar surface area (TPSA) is 21.3 Å². The maximum absolute atomic E-state index is 6.61. The Bertz CT molecular complexity index is 997. The third-order valence-corrected chi connectivity index (χ3v) is 5.82. The van der Waals surface area contributed by atoms with Crippen LogP contribution in [0.5, 0.6) is 5.75 Å². The number of aryl methyl sites for hydroxylation is 1. The molecule has 0 heterocycles. The van der Waals surface area contributed by atoms with E-state index in [1.165, 1.54) is 33.4 Å². The Hall–Kier alpha value is -2.55. The van der Waals surface area contributed by atoms with Gasteiger partial charge in [0, 0.05) is 6.54 Å². The average Bonchev–Trinajstić information content (AvgIpc) is 2.79. The first kappa shape index (κ1) is 23.1. The summed E-state index contributed by atoms with van der Waals surface area (Å²) in [7, 11) is 0. The molecule has 162 valence electrons. The van der Waals surface area contributed by atoms with Gasteiger partial charge in [-0.05, 0) is 78.2 Å². The summed E-state index contributed by atoms with van der Waals surface area (Å²) in [6.07, 6.45) is 4.93. The van der Waals surface area contributed by atoms with Crippen LogP contribution in [0.25, 0.3) is 11.1 Å². The lowest BCUT2D eigenvalue weighted by molar-refractivity contribution is 0.305. The molecule has 0 saturated heterocycles. The van der Waals surface area contributed by atoms with Crippen LogP contribution < -0.4 is 10.1 Å². The Morgan fingerprint density at radius 1 is 1.00 bits per heavy atom. The molecule has 0 aliphatic carbocycles. The van der Waals surface area contributed by atoms with Crippen LogP contribution in [0.4, 0.5) is 0 Å². The molecule has 0 spiro atoms. The lowest BCUT2D eigenvalue weighted by Crippen LogP contribution is -2.15. The Kier molecular flexibility index (Phi) is 8.75. The van der Waals surface area contributed by atoms with Crippen molar-refractivity contribution in [2.24, 2.45) is 0 Å². The molecular weight excluding hydrogens is 402 g/mol. The molecule has 31 heavy (non-hydrogen) atoms. The molecule has 0 bridgehead atoms. The van der Waals surface area contributed by atoms with E-state index in [1.54, 1.807) is 0 Å². The second kappa shape index (κ2) is 11.7. The molecule has 1 N–H and O–H groups in total. The van der Waals surface area contributed by atoms with Crippen molar-refractivity contribution in [2.45, 2.75) is 46.3 Å². The summed E-state index contributed by atoms with van der Waals surface area (Å²) < 4.78 is 6.22. The zero-order valence-corrected chi connectivity index (χ0v) is 19.3. The molecule has 0 saturated carbocycles. The highest BCUT2D eigenvalue weighted by Crippen LogP contribution is 2.31. The zero-order valence-electron chi connectivity index (χ0n) is 18.6. The number of halogens is 1. The monoisotopic (exact) mass is 433 g/mol. The molecule has 0 aliphatic heterocycles. The standard InChI is InChI=1S/C28H32ClNO/c1-4-6-11-23-18-28(27(29)17-25(23)19-30-16-5-2)31-20-24-14-10-15-26(21(24)3)22-12-8-7-9-13-22/h4,7-10,12-15,17-18,30H,1,5-6,11,16,19-20H2,2-3H3. The van der Waals surface area contributed by atoms with Crippen LogP contribution >= 0.6 is 11.6 Å². The molecule has 0 atom stereocenters. The number of benzene rings is 3. The van der Waals surface area contributed by atoms with Crippen molar-refractivity contribution in [1.29, 1.82) is 0 Å². The van der Waals surface area contributed by atoms with Gasteiger partial charge in [-0.3, -0.25) is 0 Å². The quantitative estimate of drug-likeness (QED) is 0.249. The lowest BCUT2D eigenvalue weighted by Gasteiger charge is -2.16. The highest BCUT2D eigenvalue weighted by molar-refractivity contribution is 6.32. The largest absolute Gasteiger partial charge is 0.487 e. The van der Waals surface area contributed by atoms with Gasteiger partial charge in [0.2, 0.25) is 0 Å². The number of rotatable bonds is 11. The highest BCUT2D eigenvalue weighted by atomic mass is 35.5. The van der Waals surface area contributed by atoms with Gasteiger partial charge in [-0.2, -0.15) is 0 Å². The van der Waals surface area contributed by atoms with Gasteiger partial charge in [0.05, 0.1) is 5.02 Å². The summed E-state index contributed by atoms with van der Waals surface area (Å²) >= 11 is 6.61.